The Bertz CT molecular complexity index is 585. The Balaban J connectivity index is 1.73. The highest BCUT2D eigenvalue weighted by Gasteiger charge is 2.52. The summed E-state index contributed by atoms with van der Waals surface area (Å²) in [6.45, 7) is 2.58. The number of nitrogens with zero attached hydrogens (tertiary/aromatic N) is 1. The first-order valence-corrected chi connectivity index (χ1v) is 8.44. The van der Waals surface area contributed by atoms with E-state index in [4.69, 9.17) is 10.5 Å². The van der Waals surface area contributed by atoms with Crippen molar-refractivity contribution in [1.82, 2.24) is 14.7 Å². The highest BCUT2D eigenvalue weighted by atomic mass is 32.2. The molecule has 1 aliphatic carbocycles. The summed E-state index contributed by atoms with van der Waals surface area (Å²) in [4.78, 5) is 6.82. The van der Waals surface area contributed by atoms with Crippen molar-refractivity contribution in [2.75, 3.05) is 6.61 Å². The smallest absolute Gasteiger partial charge is 0.258 e. The van der Waals surface area contributed by atoms with Crippen molar-refractivity contribution in [3.05, 3.63) is 12.0 Å². The fourth-order valence-electron chi connectivity index (χ4n) is 3.00. The lowest BCUT2D eigenvalue weighted by Gasteiger charge is -2.52. The summed E-state index contributed by atoms with van der Waals surface area (Å²) in [5.41, 5.74) is 6.06. The maximum Gasteiger partial charge on any atom is 0.258 e. The molecule has 2 heterocycles. The van der Waals surface area contributed by atoms with Crippen LogP contribution in [0.15, 0.2) is 11.2 Å². The van der Waals surface area contributed by atoms with E-state index in [1.54, 1.807) is 0 Å². The number of aryl methyl sites for hydroxylation is 1. The van der Waals surface area contributed by atoms with Gasteiger partial charge in [-0.1, -0.05) is 6.92 Å². The van der Waals surface area contributed by atoms with Gasteiger partial charge in [-0.25, -0.2) is 18.1 Å². The van der Waals surface area contributed by atoms with Crippen molar-refractivity contribution in [3.63, 3.8) is 0 Å². The summed E-state index contributed by atoms with van der Waals surface area (Å²) in [7, 11) is -3.62. The lowest BCUT2D eigenvalue weighted by Crippen LogP contribution is -2.71. The van der Waals surface area contributed by atoms with Crippen molar-refractivity contribution < 1.29 is 13.2 Å². The van der Waals surface area contributed by atoms with Crippen LogP contribution in [0.25, 0.3) is 0 Å². The molecule has 3 rings (SSSR count). The largest absolute Gasteiger partial charge is 0.376 e. The Labute approximate surface area is 118 Å². The number of hydrogen-bond donors (Lipinski definition) is 3. The molecule has 7 nitrogen and oxygen atoms in total. The molecule has 0 aromatic carbocycles. The summed E-state index contributed by atoms with van der Waals surface area (Å²) >= 11 is 0. The maximum absolute atomic E-state index is 12.3. The van der Waals surface area contributed by atoms with E-state index < -0.39 is 10.0 Å². The van der Waals surface area contributed by atoms with E-state index in [2.05, 4.69) is 14.7 Å². The molecule has 4 N–H and O–H groups in total. The summed E-state index contributed by atoms with van der Waals surface area (Å²) in [5, 5.41) is 0.0841. The standard InChI is InChI=1S/C12H20N4O3S/c1-2-8-14-6-9(15-8)20(17,18)16-11-10(13)7-4-3-5-19-12(7)11/h6-7,10-12,16H,2-5,13H2,1H3,(H,14,15). The molecule has 112 valence electrons. The second kappa shape index (κ2) is 5.10. The number of ether oxygens (including phenoxy) is 1. The van der Waals surface area contributed by atoms with Gasteiger partial charge < -0.3 is 15.5 Å². The Kier molecular flexibility index (Phi) is 3.57. The monoisotopic (exact) mass is 300 g/mol. The molecular formula is C12H20N4O3S. The Morgan fingerprint density at radius 2 is 2.40 bits per heavy atom. The van der Waals surface area contributed by atoms with E-state index in [1.807, 2.05) is 6.92 Å². The van der Waals surface area contributed by atoms with Gasteiger partial charge in [-0.05, 0) is 12.8 Å². The summed E-state index contributed by atoms with van der Waals surface area (Å²) in [6, 6.07) is -0.526. The molecule has 1 aromatic rings. The zero-order chi connectivity index (χ0) is 14.3. The first-order chi connectivity index (χ1) is 9.53. The number of nitrogens with two attached hydrogens (primary N) is 1. The van der Waals surface area contributed by atoms with Crippen LogP contribution in [0.5, 0.6) is 0 Å². The van der Waals surface area contributed by atoms with Crippen LogP contribution >= 0.6 is 0 Å². The van der Waals surface area contributed by atoms with Crippen LogP contribution in [0.3, 0.4) is 0 Å². The van der Waals surface area contributed by atoms with Crippen LogP contribution in [0.2, 0.25) is 0 Å². The fourth-order valence-corrected chi connectivity index (χ4v) is 4.22. The van der Waals surface area contributed by atoms with Gasteiger partial charge in [0.2, 0.25) is 0 Å². The van der Waals surface area contributed by atoms with Crippen molar-refractivity contribution in [3.8, 4) is 0 Å². The lowest BCUT2D eigenvalue weighted by molar-refractivity contribution is -0.114. The van der Waals surface area contributed by atoms with Crippen LogP contribution in [0, 0.1) is 5.92 Å². The molecule has 20 heavy (non-hydrogen) atoms. The van der Waals surface area contributed by atoms with Crippen molar-refractivity contribution in [2.45, 2.75) is 49.4 Å². The first-order valence-electron chi connectivity index (χ1n) is 6.96. The van der Waals surface area contributed by atoms with E-state index in [-0.39, 0.29) is 29.1 Å². The van der Waals surface area contributed by atoms with Crippen molar-refractivity contribution >= 4 is 10.0 Å². The third kappa shape index (κ3) is 2.26. The molecule has 2 aliphatic rings. The van der Waals surface area contributed by atoms with E-state index in [9.17, 15) is 8.42 Å². The molecule has 0 bridgehead atoms. The minimum Gasteiger partial charge on any atom is -0.376 e. The van der Waals surface area contributed by atoms with Gasteiger partial charge in [-0.3, -0.25) is 0 Å². The molecule has 1 saturated heterocycles. The summed E-state index contributed by atoms with van der Waals surface area (Å²) in [6.07, 6.45) is 3.90. The van der Waals surface area contributed by atoms with Gasteiger partial charge in [0, 0.05) is 25.0 Å². The van der Waals surface area contributed by atoms with E-state index >= 15 is 0 Å². The predicted octanol–water partition coefficient (Wildman–Crippen LogP) is -0.245. The van der Waals surface area contributed by atoms with Crippen molar-refractivity contribution in [2.24, 2.45) is 11.7 Å². The number of aromatic nitrogens is 2. The topological polar surface area (TPSA) is 110 Å². The maximum atomic E-state index is 12.3. The SMILES string of the molecule is CCc1ncc(S(=O)(=O)NC2C(N)C3CCCOC32)[nH]1. The number of H-pyrrole nitrogens is 1. The number of sulfonamides is 1. The van der Waals surface area contributed by atoms with E-state index in [0.29, 0.717) is 18.9 Å². The minimum absolute atomic E-state index is 0.0841. The molecule has 0 spiro atoms. The minimum atomic E-state index is -3.62. The van der Waals surface area contributed by atoms with Crippen LogP contribution < -0.4 is 10.5 Å². The highest BCUT2D eigenvalue weighted by molar-refractivity contribution is 7.89. The molecule has 0 radical (unpaired) electrons. The number of fused-ring (bicyclic) bond motifs is 1. The van der Waals surface area contributed by atoms with Gasteiger partial charge in [-0.2, -0.15) is 0 Å². The number of rotatable bonds is 4. The fraction of sp³-hybridized carbons (Fsp3) is 0.750. The van der Waals surface area contributed by atoms with Crippen LogP contribution in [-0.4, -0.2) is 43.2 Å². The molecule has 8 heteroatoms. The Morgan fingerprint density at radius 3 is 3.10 bits per heavy atom. The Morgan fingerprint density at radius 1 is 1.60 bits per heavy atom. The molecule has 4 atom stereocenters. The average Bonchev–Trinajstić information content (AvgIpc) is 2.94. The summed E-state index contributed by atoms with van der Waals surface area (Å²) < 4.78 is 32.9. The van der Waals surface area contributed by atoms with Crippen LogP contribution in [-0.2, 0) is 21.2 Å². The molecule has 2 fully saturated rings. The van der Waals surface area contributed by atoms with Gasteiger partial charge in [0.05, 0.1) is 18.3 Å². The second-order valence-corrected chi connectivity index (χ2v) is 7.10. The third-order valence-corrected chi connectivity index (χ3v) is 5.57. The van der Waals surface area contributed by atoms with E-state index in [1.165, 1.54) is 6.20 Å². The van der Waals surface area contributed by atoms with Crippen molar-refractivity contribution in [1.29, 1.82) is 0 Å². The number of aromatic amines is 1. The normalized spacial score (nSPS) is 33.5. The van der Waals surface area contributed by atoms with Gasteiger partial charge in [0.15, 0.2) is 5.03 Å². The quantitative estimate of drug-likeness (QED) is 0.710. The Hall–Kier alpha value is -0.960. The predicted molar refractivity (Wildman–Crippen MR) is 72.5 cm³/mol. The molecule has 4 unspecified atom stereocenters. The van der Waals surface area contributed by atoms with E-state index in [0.717, 1.165) is 12.8 Å². The molecule has 0 amide bonds. The molecular weight excluding hydrogens is 280 g/mol. The summed E-state index contributed by atoms with van der Waals surface area (Å²) in [5.74, 6) is 0.916. The molecule has 1 saturated carbocycles. The first kappa shape index (κ1) is 14.0. The van der Waals surface area contributed by atoms with Crippen LogP contribution in [0.1, 0.15) is 25.6 Å². The third-order valence-electron chi connectivity index (χ3n) is 4.20. The second-order valence-electron chi connectivity index (χ2n) is 5.41. The number of hydrogen-bond acceptors (Lipinski definition) is 5. The van der Waals surface area contributed by atoms with Gasteiger partial charge in [0.1, 0.15) is 5.82 Å². The van der Waals surface area contributed by atoms with Crippen LogP contribution in [0.4, 0.5) is 0 Å². The molecule has 1 aliphatic heterocycles. The number of nitrogens with one attached hydrogen (secondary N) is 2. The van der Waals surface area contributed by atoms with Gasteiger partial charge in [0.25, 0.3) is 10.0 Å². The lowest BCUT2D eigenvalue weighted by atomic mass is 9.69. The average molecular weight is 300 g/mol. The highest BCUT2D eigenvalue weighted by Crippen LogP contribution is 2.37. The zero-order valence-electron chi connectivity index (χ0n) is 11.4. The van der Waals surface area contributed by atoms with Gasteiger partial charge >= 0.3 is 0 Å². The zero-order valence-corrected chi connectivity index (χ0v) is 12.2. The van der Waals surface area contributed by atoms with Gasteiger partial charge in [-0.15, -0.1) is 0 Å². The molecule has 1 aromatic heterocycles. The number of imidazole rings is 1.